The van der Waals surface area contributed by atoms with Gasteiger partial charge in [-0.2, -0.15) is 0 Å². The van der Waals surface area contributed by atoms with E-state index in [2.05, 4.69) is 137 Å². The predicted octanol–water partition coefficient (Wildman–Crippen LogP) is 11.1. The third kappa shape index (κ3) is 7.53. The van der Waals surface area contributed by atoms with Crippen LogP contribution < -0.4 is 4.74 Å². The molecule has 38 heavy (non-hydrogen) atoms. The minimum absolute atomic E-state index is 0. The van der Waals surface area contributed by atoms with Gasteiger partial charge < -0.3 is 9.72 Å². The summed E-state index contributed by atoms with van der Waals surface area (Å²) in [6.07, 6.45) is 2.15. The van der Waals surface area contributed by atoms with Crippen LogP contribution in [0, 0.1) is 0 Å². The monoisotopic (exact) mass is 513 g/mol. The number of hydrogen-bond donors (Lipinski definition) is 1. The molecule has 0 bridgehead atoms. The molecule has 1 N–H and O–H groups in total. The molecular weight excluding hydrogens is 462 g/mol. The first kappa shape index (κ1) is 29.6. The molecule has 0 aliphatic carbocycles. The Labute approximate surface area is 233 Å². The second-order valence-corrected chi connectivity index (χ2v) is 14.6. The summed E-state index contributed by atoms with van der Waals surface area (Å²) in [5.41, 5.74) is 7.42. The second kappa shape index (κ2) is 10.6. The predicted molar refractivity (Wildman–Crippen MR) is 168 cm³/mol. The van der Waals surface area contributed by atoms with Gasteiger partial charge in [-0.25, -0.2) is 0 Å². The fourth-order valence-corrected chi connectivity index (χ4v) is 4.39. The SMILES string of the molecule is CC(C)(C)c1ccc(Oc2ccc(C(C)(C)C)cc2)cc1.CC(C)(C)c1ccc2[nH]cc(C(C)(C)C)c2c1.[HH]. The Bertz CT molecular complexity index is 1280. The van der Waals surface area contributed by atoms with Gasteiger partial charge in [0.2, 0.25) is 0 Å². The molecule has 4 aromatic rings. The smallest absolute Gasteiger partial charge is 0.127 e. The Morgan fingerprint density at radius 1 is 0.500 bits per heavy atom. The first-order chi connectivity index (χ1) is 17.4. The minimum Gasteiger partial charge on any atom is -0.457 e. The van der Waals surface area contributed by atoms with E-state index in [9.17, 15) is 0 Å². The van der Waals surface area contributed by atoms with Gasteiger partial charge in [-0.1, -0.05) is 113 Å². The van der Waals surface area contributed by atoms with Gasteiger partial charge in [-0.15, -0.1) is 0 Å². The molecule has 0 radical (unpaired) electrons. The van der Waals surface area contributed by atoms with Crippen molar-refractivity contribution in [3.05, 3.63) is 95.2 Å². The molecule has 0 unspecified atom stereocenters. The number of aromatic nitrogens is 1. The lowest BCUT2D eigenvalue weighted by atomic mass is 9.83. The minimum atomic E-state index is 0. The van der Waals surface area contributed by atoms with Gasteiger partial charge >= 0.3 is 0 Å². The molecule has 4 rings (SSSR count). The van der Waals surface area contributed by atoms with Gasteiger partial charge in [0.25, 0.3) is 0 Å². The van der Waals surface area contributed by atoms with Crippen molar-refractivity contribution in [2.24, 2.45) is 0 Å². The molecule has 0 saturated heterocycles. The van der Waals surface area contributed by atoms with Crippen LogP contribution in [0.2, 0.25) is 0 Å². The van der Waals surface area contributed by atoms with Gasteiger partial charge in [-0.3, -0.25) is 0 Å². The summed E-state index contributed by atoms with van der Waals surface area (Å²) in [4.78, 5) is 3.37. The summed E-state index contributed by atoms with van der Waals surface area (Å²) in [7, 11) is 0. The normalized spacial score (nSPS) is 12.7. The average molecular weight is 514 g/mol. The molecular formula is C36H51NO. The lowest BCUT2D eigenvalue weighted by Crippen LogP contribution is -2.12. The van der Waals surface area contributed by atoms with Crippen LogP contribution in [-0.2, 0) is 21.7 Å². The fourth-order valence-electron chi connectivity index (χ4n) is 4.39. The molecule has 0 amide bonds. The van der Waals surface area contributed by atoms with Crippen LogP contribution in [0.5, 0.6) is 11.5 Å². The standard InChI is InChI=1S/C20H26O.C16H23N.H2/c1-19(2,3)15-7-11-17(12-8-15)21-18-13-9-16(10-14-18)20(4,5)6;1-15(2,3)11-7-8-14-12(9-11)13(10-17-14)16(4,5)6;/h7-14H,1-6H3;7-10,17H,1-6H3;1H. The topological polar surface area (TPSA) is 25.0 Å². The van der Waals surface area contributed by atoms with Gasteiger partial charge in [0.1, 0.15) is 11.5 Å². The molecule has 1 heterocycles. The van der Waals surface area contributed by atoms with E-state index in [4.69, 9.17) is 4.74 Å². The van der Waals surface area contributed by atoms with Crippen LogP contribution in [0.4, 0.5) is 0 Å². The molecule has 0 spiro atoms. The average Bonchev–Trinajstić information content (AvgIpc) is 3.22. The van der Waals surface area contributed by atoms with E-state index in [0.717, 1.165) is 11.5 Å². The molecule has 1 aromatic heterocycles. The van der Waals surface area contributed by atoms with Crippen LogP contribution in [0.3, 0.4) is 0 Å². The van der Waals surface area contributed by atoms with Crippen LogP contribution in [0.25, 0.3) is 10.9 Å². The highest BCUT2D eigenvalue weighted by molar-refractivity contribution is 5.85. The van der Waals surface area contributed by atoms with Crippen LogP contribution in [0.1, 0.15) is 107 Å². The van der Waals surface area contributed by atoms with Crippen molar-refractivity contribution < 1.29 is 6.16 Å². The van der Waals surface area contributed by atoms with Crippen LogP contribution >= 0.6 is 0 Å². The highest BCUT2D eigenvalue weighted by Gasteiger charge is 2.20. The van der Waals surface area contributed by atoms with Gasteiger partial charge in [-0.05, 0) is 80.3 Å². The largest absolute Gasteiger partial charge is 0.457 e. The van der Waals surface area contributed by atoms with E-state index in [0.29, 0.717) is 0 Å². The Morgan fingerprint density at radius 2 is 0.895 bits per heavy atom. The molecule has 0 atom stereocenters. The Balaban J connectivity index is 0.000000272. The molecule has 2 heteroatoms. The highest BCUT2D eigenvalue weighted by atomic mass is 16.5. The number of fused-ring (bicyclic) bond motifs is 1. The highest BCUT2D eigenvalue weighted by Crippen LogP contribution is 2.33. The maximum Gasteiger partial charge on any atom is 0.127 e. The number of benzene rings is 3. The number of nitrogens with one attached hydrogen (secondary N) is 1. The Morgan fingerprint density at radius 3 is 1.26 bits per heavy atom. The Kier molecular flexibility index (Phi) is 8.27. The number of hydrogen-bond acceptors (Lipinski definition) is 1. The quantitative estimate of drug-likeness (QED) is 0.283. The van der Waals surface area contributed by atoms with Crippen molar-refractivity contribution in [1.82, 2.24) is 4.98 Å². The lowest BCUT2D eigenvalue weighted by Gasteiger charge is -2.21. The molecule has 2 nitrogen and oxygen atoms in total. The molecule has 0 aliphatic heterocycles. The van der Waals surface area contributed by atoms with E-state index < -0.39 is 0 Å². The van der Waals surface area contributed by atoms with Crippen molar-refractivity contribution in [2.75, 3.05) is 0 Å². The van der Waals surface area contributed by atoms with Crippen molar-refractivity contribution in [3.8, 4) is 11.5 Å². The molecule has 0 saturated carbocycles. The third-order valence-electron chi connectivity index (χ3n) is 7.03. The van der Waals surface area contributed by atoms with Crippen molar-refractivity contribution >= 4 is 10.9 Å². The zero-order valence-electron chi connectivity index (χ0n) is 25.8. The van der Waals surface area contributed by atoms with Crippen molar-refractivity contribution in [1.29, 1.82) is 0 Å². The van der Waals surface area contributed by atoms with Gasteiger partial charge in [0.05, 0.1) is 0 Å². The molecule has 0 aliphatic rings. The van der Waals surface area contributed by atoms with Crippen LogP contribution in [-0.4, -0.2) is 4.98 Å². The van der Waals surface area contributed by atoms with Gasteiger partial charge in [0.15, 0.2) is 0 Å². The van der Waals surface area contributed by atoms with Gasteiger partial charge in [0, 0.05) is 18.5 Å². The number of aromatic amines is 1. The third-order valence-corrected chi connectivity index (χ3v) is 7.03. The summed E-state index contributed by atoms with van der Waals surface area (Å²) in [6.45, 7) is 26.9. The fraction of sp³-hybridized carbons (Fsp3) is 0.444. The first-order valence-corrected chi connectivity index (χ1v) is 13.9. The van der Waals surface area contributed by atoms with E-state index in [1.165, 1.54) is 33.2 Å². The molecule has 3 aromatic carbocycles. The van der Waals surface area contributed by atoms with E-state index >= 15 is 0 Å². The lowest BCUT2D eigenvalue weighted by molar-refractivity contribution is 0.480. The summed E-state index contributed by atoms with van der Waals surface area (Å²) >= 11 is 0. The number of ether oxygens (including phenoxy) is 1. The van der Waals surface area contributed by atoms with Crippen molar-refractivity contribution in [2.45, 2.75) is 105 Å². The molecule has 0 fully saturated rings. The van der Waals surface area contributed by atoms with Crippen LogP contribution in [0.15, 0.2) is 72.9 Å². The van der Waals surface area contributed by atoms with E-state index in [-0.39, 0.29) is 23.1 Å². The molecule has 206 valence electrons. The maximum absolute atomic E-state index is 5.91. The summed E-state index contributed by atoms with van der Waals surface area (Å²) in [6, 6.07) is 23.5. The second-order valence-electron chi connectivity index (χ2n) is 14.6. The Hall–Kier alpha value is -3.00. The number of rotatable bonds is 2. The summed E-state index contributed by atoms with van der Waals surface area (Å²) < 4.78 is 5.91. The zero-order valence-corrected chi connectivity index (χ0v) is 25.8. The maximum atomic E-state index is 5.91. The summed E-state index contributed by atoms with van der Waals surface area (Å²) in [5, 5.41) is 1.37. The summed E-state index contributed by atoms with van der Waals surface area (Å²) in [5.74, 6) is 1.76. The zero-order chi connectivity index (χ0) is 28.5. The van der Waals surface area contributed by atoms with E-state index in [1.807, 2.05) is 24.3 Å². The van der Waals surface area contributed by atoms with Crippen molar-refractivity contribution in [3.63, 3.8) is 0 Å². The van der Waals surface area contributed by atoms with E-state index in [1.54, 1.807) is 0 Å². The number of H-pyrrole nitrogens is 1. The first-order valence-electron chi connectivity index (χ1n) is 13.9.